The maximum absolute atomic E-state index is 14.6. The number of carbonyl (C=O) groups is 1. The van der Waals surface area contributed by atoms with Gasteiger partial charge in [0, 0.05) is 27.4 Å². The van der Waals surface area contributed by atoms with E-state index < -0.39 is 11.8 Å². The molecule has 0 aliphatic heterocycles. The molecule has 184 valence electrons. The highest BCUT2D eigenvalue weighted by Gasteiger charge is 2.27. The van der Waals surface area contributed by atoms with Gasteiger partial charge in [0.25, 0.3) is 0 Å². The number of carboxylic acids is 1. The van der Waals surface area contributed by atoms with Gasteiger partial charge in [0.15, 0.2) is 5.82 Å². The first-order valence-corrected chi connectivity index (χ1v) is 12.6. The second-order valence-electron chi connectivity index (χ2n) is 8.72. The highest BCUT2D eigenvalue weighted by atomic mass is 35.5. The highest BCUT2D eigenvalue weighted by Crippen LogP contribution is 2.39. The summed E-state index contributed by atoms with van der Waals surface area (Å²) in [5.41, 5.74) is 3.39. The Morgan fingerprint density at radius 3 is 2.94 bits per heavy atom. The van der Waals surface area contributed by atoms with Gasteiger partial charge in [-0.15, -0.1) is 16.4 Å². The van der Waals surface area contributed by atoms with Crippen molar-refractivity contribution in [3.63, 3.8) is 0 Å². The Hall–Kier alpha value is -3.63. The summed E-state index contributed by atoms with van der Waals surface area (Å²) in [5, 5.41) is 22.7. The third-order valence-corrected chi connectivity index (χ3v) is 7.29. The zero-order valence-electron chi connectivity index (χ0n) is 19.2. The Kier molecular flexibility index (Phi) is 6.80. The number of aromatic carboxylic acids is 1. The molecule has 1 unspecified atom stereocenters. The first kappa shape index (κ1) is 24.1. The number of aromatic nitrogens is 6. The van der Waals surface area contributed by atoms with E-state index >= 15 is 0 Å². The lowest BCUT2D eigenvalue weighted by molar-refractivity contribution is 0.0698. The Morgan fingerprint density at radius 1 is 1.42 bits per heavy atom. The van der Waals surface area contributed by atoms with Crippen LogP contribution in [0.4, 0.5) is 4.39 Å². The first-order chi connectivity index (χ1) is 17.4. The highest BCUT2D eigenvalue weighted by molar-refractivity contribution is 7.12. The number of allylic oxidation sites excluding steroid dienone is 4. The molecule has 36 heavy (non-hydrogen) atoms. The number of H-pyrrole nitrogens is 1. The molecule has 0 spiro atoms. The predicted molar refractivity (Wildman–Crippen MR) is 136 cm³/mol. The number of nitrogens with one attached hydrogen (secondary N) is 1. The van der Waals surface area contributed by atoms with Crippen LogP contribution in [0.3, 0.4) is 0 Å². The van der Waals surface area contributed by atoms with Crippen LogP contribution in [0.25, 0.3) is 22.5 Å². The molecule has 1 aliphatic rings. The smallest absolute Gasteiger partial charge is 0.348 e. The van der Waals surface area contributed by atoms with Crippen LogP contribution >= 0.6 is 22.9 Å². The lowest BCUT2D eigenvalue weighted by atomic mass is 9.99. The molecule has 3 heterocycles. The van der Waals surface area contributed by atoms with E-state index in [1.165, 1.54) is 24.5 Å². The van der Waals surface area contributed by atoms with Crippen molar-refractivity contribution in [2.45, 2.75) is 32.1 Å². The van der Waals surface area contributed by atoms with Crippen molar-refractivity contribution in [1.82, 2.24) is 30.2 Å². The van der Waals surface area contributed by atoms with Gasteiger partial charge < -0.3 is 10.1 Å². The van der Waals surface area contributed by atoms with Crippen molar-refractivity contribution < 1.29 is 14.3 Å². The fourth-order valence-corrected chi connectivity index (χ4v) is 5.00. The summed E-state index contributed by atoms with van der Waals surface area (Å²) in [6.07, 6.45) is 12.5. The Balaban J connectivity index is 1.40. The Labute approximate surface area is 215 Å². The zero-order valence-corrected chi connectivity index (χ0v) is 20.8. The number of halogens is 2. The van der Waals surface area contributed by atoms with Crippen LogP contribution in [0, 0.1) is 11.7 Å². The summed E-state index contributed by atoms with van der Waals surface area (Å²) in [4.78, 5) is 18.6. The Morgan fingerprint density at radius 2 is 2.25 bits per heavy atom. The summed E-state index contributed by atoms with van der Waals surface area (Å²) < 4.78 is 16.1. The maximum Gasteiger partial charge on any atom is 0.348 e. The van der Waals surface area contributed by atoms with Gasteiger partial charge >= 0.3 is 5.97 Å². The summed E-state index contributed by atoms with van der Waals surface area (Å²) in [6.45, 7) is 1.99. The second kappa shape index (κ2) is 10.2. The van der Waals surface area contributed by atoms with Crippen molar-refractivity contribution in [2.24, 2.45) is 5.92 Å². The molecule has 1 fully saturated rings. The fourth-order valence-electron chi connectivity index (χ4n) is 4.04. The number of hydrogen-bond acceptors (Lipinski definition) is 6. The van der Waals surface area contributed by atoms with Gasteiger partial charge in [-0.1, -0.05) is 42.7 Å². The lowest BCUT2D eigenvalue weighted by Crippen LogP contribution is -2.00. The van der Waals surface area contributed by atoms with Gasteiger partial charge in [0.2, 0.25) is 0 Å². The first-order valence-electron chi connectivity index (χ1n) is 11.3. The third kappa shape index (κ3) is 5.14. The Bertz CT molecular complexity index is 1460. The summed E-state index contributed by atoms with van der Waals surface area (Å²) in [7, 11) is 0. The molecule has 0 saturated heterocycles. The maximum atomic E-state index is 14.6. The van der Waals surface area contributed by atoms with Gasteiger partial charge in [0.05, 0.1) is 17.6 Å². The molecule has 3 aromatic heterocycles. The van der Waals surface area contributed by atoms with E-state index in [0.29, 0.717) is 16.6 Å². The van der Waals surface area contributed by atoms with Gasteiger partial charge in [-0.3, -0.25) is 0 Å². The molecule has 4 aromatic rings. The average molecular weight is 525 g/mol. The molecule has 0 amide bonds. The monoisotopic (exact) mass is 524 g/mol. The van der Waals surface area contributed by atoms with Crippen LogP contribution in [-0.2, 0) is 0 Å². The molecule has 1 atom stereocenters. The number of aromatic amines is 1. The largest absolute Gasteiger partial charge is 0.477 e. The number of nitrogens with zero attached hydrogens (tertiary/aromatic N) is 5. The second-order valence-corrected chi connectivity index (χ2v) is 10.0. The van der Waals surface area contributed by atoms with Crippen molar-refractivity contribution in [3.05, 3.63) is 81.4 Å². The van der Waals surface area contributed by atoms with Gasteiger partial charge in [0.1, 0.15) is 17.0 Å². The minimum Gasteiger partial charge on any atom is -0.477 e. The van der Waals surface area contributed by atoms with E-state index in [1.807, 2.05) is 31.2 Å². The third-order valence-electron chi connectivity index (χ3n) is 6.11. The lowest BCUT2D eigenvalue weighted by Gasteiger charge is -2.10. The minimum atomic E-state index is -1.27. The molecule has 5 rings (SSSR count). The van der Waals surface area contributed by atoms with Crippen molar-refractivity contribution >= 4 is 34.5 Å². The molecular formula is C25H22ClFN6O2S. The number of benzene rings is 1. The van der Waals surface area contributed by atoms with Gasteiger partial charge in [-0.25, -0.2) is 14.2 Å². The average Bonchev–Trinajstić information content (AvgIpc) is 3.22. The molecular weight excluding hydrogens is 503 g/mol. The summed E-state index contributed by atoms with van der Waals surface area (Å²) in [5.74, 6) is -0.652. The normalized spacial score (nSPS) is 15.0. The van der Waals surface area contributed by atoms with E-state index in [0.717, 1.165) is 40.4 Å². The summed E-state index contributed by atoms with van der Waals surface area (Å²) in [6, 6.07) is 5.54. The molecule has 8 nitrogen and oxygen atoms in total. The van der Waals surface area contributed by atoms with Crippen LogP contribution in [0.1, 0.15) is 53.2 Å². The van der Waals surface area contributed by atoms with E-state index in [4.69, 9.17) is 16.7 Å². The molecule has 1 aromatic carbocycles. The topological polar surface area (TPSA) is 110 Å². The van der Waals surface area contributed by atoms with E-state index in [9.17, 15) is 9.18 Å². The minimum absolute atomic E-state index is 0.00860. The standard InChI is InChI=1S/C25H22ClFN6O2S/c1-14(18-10-17(26)7-8-21(18)33-13-29-31-32-33)3-2-4-16(9-15-5-6-15)24-28-11-20(30-24)19-12-36-23(22(19)27)25(34)35/h2-4,7-8,10-13,15-16H,5-6,9H2,1H3,(H,28,30)(H,34,35)/b4-2+,14-3+. The number of carboxylic acid groups (broad SMARTS) is 1. The van der Waals surface area contributed by atoms with Crippen LogP contribution in [0.15, 0.2) is 54.3 Å². The quantitative estimate of drug-likeness (QED) is 0.254. The number of rotatable bonds is 9. The number of thiophene rings is 1. The van der Waals surface area contributed by atoms with E-state index in [1.54, 1.807) is 16.9 Å². The SMILES string of the molecule is C/C(=C\C=C\C(CC1CC1)c1ncc(-c2csc(C(=O)O)c2F)[nH]1)c1cc(Cl)ccc1-n1cnnn1. The number of imidazole rings is 1. The van der Waals surface area contributed by atoms with Crippen LogP contribution in [-0.4, -0.2) is 41.3 Å². The van der Waals surface area contributed by atoms with E-state index in [-0.39, 0.29) is 16.4 Å². The molecule has 0 bridgehead atoms. The molecule has 1 saturated carbocycles. The van der Waals surface area contributed by atoms with Gasteiger partial charge in [-0.2, -0.15) is 4.68 Å². The van der Waals surface area contributed by atoms with E-state index in [2.05, 4.69) is 31.6 Å². The number of tetrazole rings is 1. The van der Waals surface area contributed by atoms with Crippen molar-refractivity contribution in [3.8, 4) is 16.9 Å². The van der Waals surface area contributed by atoms with Crippen molar-refractivity contribution in [2.75, 3.05) is 0 Å². The fraction of sp³-hybridized carbons (Fsp3) is 0.240. The molecule has 0 radical (unpaired) electrons. The molecule has 11 heteroatoms. The van der Waals surface area contributed by atoms with Gasteiger partial charge in [-0.05, 0) is 53.5 Å². The predicted octanol–water partition coefficient (Wildman–Crippen LogP) is 6.15. The number of hydrogen-bond donors (Lipinski definition) is 2. The van der Waals surface area contributed by atoms with Crippen LogP contribution in [0.5, 0.6) is 0 Å². The van der Waals surface area contributed by atoms with Crippen LogP contribution in [0.2, 0.25) is 5.02 Å². The molecule has 2 N–H and O–H groups in total. The molecule has 1 aliphatic carbocycles. The van der Waals surface area contributed by atoms with Crippen molar-refractivity contribution in [1.29, 1.82) is 0 Å². The van der Waals surface area contributed by atoms with Crippen LogP contribution < -0.4 is 0 Å². The summed E-state index contributed by atoms with van der Waals surface area (Å²) >= 11 is 7.12. The zero-order chi connectivity index (χ0) is 25.2.